The molecule has 216 valence electrons. The second-order valence-corrected chi connectivity index (χ2v) is 12.1. The van der Waals surface area contributed by atoms with Gasteiger partial charge in [0.1, 0.15) is 15.8 Å². The van der Waals surface area contributed by atoms with E-state index in [9.17, 15) is 31.9 Å². The van der Waals surface area contributed by atoms with Crippen molar-refractivity contribution >= 4 is 109 Å². The molecule has 4 rings (SSSR count). The van der Waals surface area contributed by atoms with E-state index in [1.165, 1.54) is 29.6 Å². The summed E-state index contributed by atoms with van der Waals surface area (Å²) in [5, 5.41) is 6.52. The van der Waals surface area contributed by atoms with Crippen LogP contribution in [0.4, 0.5) is 34.6 Å². The molecule has 0 heterocycles. The number of hydrogen-bond donors (Lipinski definition) is 3. The highest BCUT2D eigenvalue weighted by atomic mass is 79.9. The Labute approximate surface area is 262 Å². The SMILES string of the molecule is O=C(Nc1ccc(F)c(NC(=O)C(F)F)c1F)c1cc(NC(=O)[C@H]2[C@H](c3cc(Cl)c(Cl)c(Br)c3)C2(Cl)Cl)ccc1Cl. The van der Waals surface area contributed by atoms with E-state index in [0.717, 1.165) is 6.07 Å². The van der Waals surface area contributed by atoms with Crippen LogP contribution in [0, 0.1) is 17.6 Å². The summed E-state index contributed by atoms with van der Waals surface area (Å²) < 4.78 is 52.8. The highest BCUT2D eigenvalue weighted by Gasteiger charge is 2.67. The first kappa shape index (κ1) is 31.7. The van der Waals surface area contributed by atoms with Gasteiger partial charge in [-0.1, -0.05) is 34.8 Å². The number of benzene rings is 3. The van der Waals surface area contributed by atoms with Crippen molar-refractivity contribution in [1.82, 2.24) is 0 Å². The number of carbonyl (C=O) groups excluding carboxylic acids is 3. The summed E-state index contributed by atoms with van der Waals surface area (Å²) in [5.74, 6) is -7.97. The van der Waals surface area contributed by atoms with Crippen molar-refractivity contribution in [1.29, 1.82) is 0 Å². The summed E-state index contributed by atoms with van der Waals surface area (Å²) in [5.41, 5.74) is -1.42. The number of carbonyl (C=O) groups is 3. The molecule has 1 aliphatic rings. The van der Waals surface area contributed by atoms with Crippen molar-refractivity contribution in [2.75, 3.05) is 16.0 Å². The second-order valence-electron chi connectivity index (χ2n) is 8.64. The van der Waals surface area contributed by atoms with Crippen LogP contribution in [0.5, 0.6) is 0 Å². The van der Waals surface area contributed by atoms with Gasteiger partial charge in [-0.15, -0.1) is 23.2 Å². The molecular formula is C25H13BrCl5F4N3O3. The molecule has 1 fully saturated rings. The number of amides is 3. The smallest absolute Gasteiger partial charge is 0.315 e. The third-order valence-corrected chi connectivity index (χ3v) is 8.89. The fraction of sp³-hybridized carbons (Fsp3) is 0.160. The molecular weight excluding hydrogens is 723 g/mol. The summed E-state index contributed by atoms with van der Waals surface area (Å²) in [6.07, 6.45) is -3.54. The fourth-order valence-corrected chi connectivity index (χ4v) is 5.91. The molecule has 0 aliphatic heterocycles. The average molecular weight is 737 g/mol. The third kappa shape index (κ3) is 6.55. The first-order valence-corrected chi connectivity index (χ1v) is 13.8. The van der Waals surface area contributed by atoms with Gasteiger partial charge in [0, 0.05) is 16.1 Å². The maximum absolute atomic E-state index is 14.8. The molecule has 2 atom stereocenters. The van der Waals surface area contributed by atoms with Gasteiger partial charge in [-0.25, -0.2) is 8.78 Å². The molecule has 3 amide bonds. The minimum atomic E-state index is -3.54. The highest BCUT2D eigenvalue weighted by molar-refractivity contribution is 9.10. The van der Waals surface area contributed by atoms with Crippen LogP contribution in [0.2, 0.25) is 15.1 Å². The van der Waals surface area contributed by atoms with Crippen LogP contribution in [-0.4, -0.2) is 28.5 Å². The number of alkyl halides is 4. The average Bonchev–Trinajstić information content (AvgIpc) is 3.49. The molecule has 1 aliphatic carbocycles. The van der Waals surface area contributed by atoms with Gasteiger partial charge < -0.3 is 16.0 Å². The maximum atomic E-state index is 14.8. The van der Waals surface area contributed by atoms with Crippen LogP contribution in [0.3, 0.4) is 0 Å². The van der Waals surface area contributed by atoms with Crippen LogP contribution in [0.1, 0.15) is 21.8 Å². The minimum Gasteiger partial charge on any atom is -0.326 e. The number of nitrogens with one attached hydrogen (secondary N) is 3. The van der Waals surface area contributed by atoms with E-state index >= 15 is 0 Å². The van der Waals surface area contributed by atoms with E-state index in [1.54, 1.807) is 6.07 Å². The Morgan fingerprint density at radius 3 is 2.22 bits per heavy atom. The van der Waals surface area contributed by atoms with Crippen LogP contribution < -0.4 is 16.0 Å². The topological polar surface area (TPSA) is 87.3 Å². The van der Waals surface area contributed by atoms with E-state index in [4.69, 9.17) is 58.0 Å². The molecule has 0 saturated heterocycles. The Balaban J connectivity index is 1.52. The van der Waals surface area contributed by atoms with Crippen LogP contribution >= 0.6 is 73.9 Å². The normalized spacial score (nSPS) is 17.2. The van der Waals surface area contributed by atoms with Crippen LogP contribution in [0.25, 0.3) is 0 Å². The molecule has 3 N–H and O–H groups in total. The molecule has 1 saturated carbocycles. The lowest BCUT2D eigenvalue weighted by Crippen LogP contribution is -2.22. The first-order chi connectivity index (χ1) is 19.1. The predicted molar refractivity (Wildman–Crippen MR) is 154 cm³/mol. The molecule has 6 nitrogen and oxygen atoms in total. The monoisotopic (exact) mass is 733 g/mol. The van der Waals surface area contributed by atoms with Crippen LogP contribution in [-0.2, 0) is 9.59 Å². The van der Waals surface area contributed by atoms with Gasteiger partial charge in [0.15, 0.2) is 5.82 Å². The standard InChI is InChI=1S/C25H13BrCl5F4N3O3/c26-11-5-8(6-13(28)18(11)29)16-17(25(16,30)31)23(40)36-9-1-2-12(27)10(7-9)22(39)37-15-4-3-14(32)20(19(15)33)38-24(41)21(34)35/h1-7,16-17,21H,(H,36,40)(H,37,39)(H,38,41)/t16-,17+/m0/s1. The Morgan fingerprint density at radius 2 is 1.59 bits per heavy atom. The van der Waals surface area contributed by atoms with Gasteiger partial charge in [-0.2, -0.15) is 8.78 Å². The van der Waals surface area contributed by atoms with Gasteiger partial charge in [-0.3, -0.25) is 14.4 Å². The molecule has 16 heteroatoms. The molecule has 0 bridgehead atoms. The lowest BCUT2D eigenvalue weighted by Gasteiger charge is -2.13. The number of hydrogen-bond acceptors (Lipinski definition) is 3. The van der Waals surface area contributed by atoms with Gasteiger partial charge in [-0.05, 0) is 64.0 Å². The molecule has 0 unspecified atom stereocenters. The van der Waals surface area contributed by atoms with Crippen molar-refractivity contribution in [2.24, 2.45) is 5.92 Å². The Hall–Kier alpha value is -2.28. The summed E-state index contributed by atoms with van der Waals surface area (Å²) in [4.78, 5) is 37.2. The fourth-order valence-electron chi connectivity index (χ4n) is 3.95. The van der Waals surface area contributed by atoms with Crippen molar-refractivity contribution < 1.29 is 31.9 Å². The van der Waals surface area contributed by atoms with E-state index in [1.807, 2.05) is 0 Å². The lowest BCUT2D eigenvalue weighted by molar-refractivity contribution is -0.126. The molecule has 41 heavy (non-hydrogen) atoms. The number of halogens is 10. The largest absolute Gasteiger partial charge is 0.326 e. The maximum Gasteiger partial charge on any atom is 0.315 e. The molecule has 0 radical (unpaired) electrons. The zero-order valence-corrected chi connectivity index (χ0v) is 25.1. The summed E-state index contributed by atoms with van der Waals surface area (Å²) >= 11 is 34.4. The van der Waals surface area contributed by atoms with Crippen molar-refractivity contribution in [2.45, 2.75) is 16.7 Å². The van der Waals surface area contributed by atoms with Gasteiger partial charge in [0.05, 0.1) is 32.2 Å². The lowest BCUT2D eigenvalue weighted by atomic mass is 10.1. The van der Waals surface area contributed by atoms with Crippen molar-refractivity contribution in [3.05, 3.63) is 84.8 Å². The summed E-state index contributed by atoms with van der Waals surface area (Å²) in [6.45, 7) is 0. The number of rotatable bonds is 7. The molecule has 0 aromatic heterocycles. The van der Waals surface area contributed by atoms with Crippen molar-refractivity contribution in [3.63, 3.8) is 0 Å². The quantitative estimate of drug-likeness (QED) is 0.129. The zero-order chi connectivity index (χ0) is 30.4. The van der Waals surface area contributed by atoms with E-state index in [0.29, 0.717) is 16.1 Å². The van der Waals surface area contributed by atoms with Gasteiger partial charge in [0.25, 0.3) is 11.8 Å². The predicted octanol–water partition coefficient (Wildman–Crippen LogP) is 8.67. The van der Waals surface area contributed by atoms with Gasteiger partial charge >= 0.3 is 6.43 Å². The minimum absolute atomic E-state index is 0.0964. The molecule has 3 aromatic rings. The van der Waals surface area contributed by atoms with E-state index in [-0.39, 0.29) is 26.3 Å². The van der Waals surface area contributed by atoms with E-state index in [2.05, 4.69) is 26.6 Å². The summed E-state index contributed by atoms with van der Waals surface area (Å²) in [7, 11) is 0. The Kier molecular flexibility index (Phi) is 9.37. The third-order valence-electron chi connectivity index (χ3n) is 5.97. The molecule has 0 spiro atoms. The highest BCUT2D eigenvalue weighted by Crippen LogP contribution is 2.65. The Morgan fingerprint density at radius 1 is 0.902 bits per heavy atom. The molecule has 3 aromatic carbocycles. The zero-order valence-electron chi connectivity index (χ0n) is 19.8. The first-order valence-electron chi connectivity index (χ1n) is 11.1. The Bertz CT molecular complexity index is 1570. The number of anilines is 3. The van der Waals surface area contributed by atoms with Gasteiger partial charge in [0.2, 0.25) is 5.91 Å². The van der Waals surface area contributed by atoms with Crippen LogP contribution in [0.15, 0.2) is 46.9 Å². The summed E-state index contributed by atoms with van der Waals surface area (Å²) in [6, 6.07) is 8.47. The van der Waals surface area contributed by atoms with Crippen molar-refractivity contribution in [3.8, 4) is 0 Å². The second kappa shape index (κ2) is 12.1. The van der Waals surface area contributed by atoms with E-state index < -0.39 is 63.3 Å².